The van der Waals surface area contributed by atoms with Gasteiger partial charge in [0.25, 0.3) is 5.91 Å². The number of benzene rings is 3. The standard InChI is InChI=1S/C24H25BrN2O4S/c1-18(20-9-6-10-21(25)15-20)26-24(28)17-31-22-11-13-23(14-12-22)32(29,30)27(2)16-19-7-4-3-5-8-19/h3-15,18H,16-17H2,1-2H3,(H,26,28). The highest BCUT2D eigenvalue weighted by Gasteiger charge is 2.21. The van der Waals surface area contributed by atoms with Crippen LogP contribution in [0.25, 0.3) is 0 Å². The number of hydrogen-bond donors (Lipinski definition) is 1. The molecule has 6 nitrogen and oxygen atoms in total. The van der Waals surface area contributed by atoms with Gasteiger partial charge in [0.2, 0.25) is 10.0 Å². The van der Waals surface area contributed by atoms with E-state index < -0.39 is 10.0 Å². The molecule has 0 radical (unpaired) electrons. The lowest BCUT2D eigenvalue weighted by Gasteiger charge is -2.18. The number of rotatable bonds is 9. The zero-order valence-electron chi connectivity index (χ0n) is 17.9. The second-order valence-electron chi connectivity index (χ2n) is 7.35. The third-order valence-corrected chi connectivity index (χ3v) is 7.19. The zero-order chi connectivity index (χ0) is 23.1. The van der Waals surface area contributed by atoms with Gasteiger partial charge in [-0.2, -0.15) is 4.31 Å². The molecule has 1 atom stereocenters. The van der Waals surface area contributed by atoms with E-state index >= 15 is 0 Å². The van der Waals surface area contributed by atoms with Crippen molar-refractivity contribution in [1.29, 1.82) is 0 Å². The van der Waals surface area contributed by atoms with Gasteiger partial charge in [0.05, 0.1) is 10.9 Å². The normalized spacial score (nSPS) is 12.4. The summed E-state index contributed by atoms with van der Waals surface area (Å²) >= 11 is 3.42. The minimum absolute atomic E-state index is 0.163. The Hall–Kier alpha value is -2.68. The van der Waals surface area contributed by atoms with E-state index in [1.807, 2.05) is 61.5 Å². The van der Waals surface area contributed by atoms with E-state index in [2.05, 4.69) is 21.2 Å². The van der Waals surface area contributed by atoms with Crippen molar-refractivity contribution in [2.45, 2.75) is 24.4 Å². The van der Waals surface area contributed by atoms with Crippen molar-refractivity contribution in [3.8, 4) is 5.75 Å². The van der Waals surface area contributed by atoms with Crippen LogP contribution < -0.4 is 10.1 Å². The Morgan fingerprint density at radius 3 is 2.38 bits per heavy atom. The van der Waals surface area contributed by atoms with Gasteiger partial charge in [0.1, 0.15) is 5.75 Å². The first-order valence-corrected chi connectivity index (χ1v) is 12.3. The largest absolute Gasteiger partial charge is 0.484 e. The van der Waals surface area contributed by atoms with Crippen LogP contribution in [0, 0.1) is 0 Å². The maximum atomic E-state index is 12.8. The molecule has 0 aliphatic heterocycles. The number of amides is 1. The highest BCUT2D eigenvalue weighted by molar-refractivity contribution is 9.10. The summed E-state index contributed by atoms with van der Waals surface area (Å²) < 4.78 is 33.4. The Morgan fingerprint density at radius 1 is 1.03 bits per heavy atom. The number of nitrogens with zero attached hydrogens (tertiary/aromatic N) is 1. The molecule has 0 aliphatic carbocycles. The number of hydrogen-bond acceptors (Lipinski definition) is 4. The van der Waals surface area contributed by atoms with Crippen molar-refractivity contribution in [2.24, 2.45) is 0 Å². The van der Waals surface area contributed by atoms with Crippen LogP contribution in [-0.4, -0.2) is 32.3 Å². The molecule has 3 aromatic rings. The molecule has 0 fully saturated rings. The molecule has 0 aromatic heterocycles. The van der Waals surface area contributed by atoms with E-state index in [9.17, 15) is 13.2 Å². The molecule has 32 heavy (non-hydrogen) atoms. The molecule has 0 bridgehead atoms. The maximum Gasteiger partial charge on any atom is 0.258 e. The summed E-state index contributed by atoms with van der Waals surface area (Å²) in [4.78, 5) is 12.4. The minimum atomic E-state index is -3.64. The number of halogens is 1. The van der Waals surface area contributed by atoms with Crippen molar-refractivity contribution in [3.05, 3.63) is 94.5 Å². The minimum Gasteiger partial charge on any atom is -0.484 e. The highest BCUT2D eigenvalue weighted by atomic mass is 79.9. The molecule has 0 saturated carbocycles. The first-order chi connectivity index (χ1) is 15.3. The SMILES string of the molecule is CC(NC(=O)COc1ccc(S(=O)(=O)N(C)Cc2ccccc2)cc1)c1cccc(Br)c1. The van der Waals surface area contributed by atoms with Gasteiger partial charge in [-0.1, -0.05) is 58.4 Å². The summed E-state index contributed by atoms with van der Waals surface area (Å²) in [7, 11) is -2.10. The van der Waals surface area contributed by atoms with Crippen molar-refractivity contribution >= 4 is 31.9 Å². The highest BCUT2D eigenvalue weighted by Crippen LogP contribution is 2.21. The molecule has 3 rings (SSSR count). The molecule has 0 spiro atoms. The molecular formula is C24H25BrN2O4S. The fraction of sp³-hybridized carbons (Fsp3) is 0.208. The number of nitrogens with one attached hydrogen (secondary N) is 1. The van der Waals surface area contributed by atoms with Gasteiger partial charge in [-0.05, 0) is 54.4 Å². The lowest BCUT2D eigenvalue weighted by Crippen LogP contribution is -2.31. The van der Waals surface area contributed by atoms with Gasteiger partial charge in [-0.25, -0.2) is 8.42 Å². The summed E-state index contributed by atoms with van der Waals surface area (Å²) in [6.45, 7) is 2.00. The van der Waals surface area contributed by atoms with Crippen LogP contribution in [0.15, 0.2) is 88.2 Å². The molecule has 8 heteroatoms. The van der Waals surface area contributed by atoms with E-state index in [1.165, 1.54) is 16.4 Å². The Balaban J connectivity index is 1.55. The number of ether oxygens (including phenoxy) is 1. The topological polar surface area (TPSA) is 75.7 Å². The van der Waals surface area contributed by atoms with Crippen LogP contribution in [0.2, 0.25) is 0 Å². The van der Waals surface area contributed by atoms with Gasteiger partial charge < -0.3 is 10.1 Å². The van der Waals surface area contributed by atoms with Crippen LogP contribution in [0.1, 0.15) is 24.1 Å². The van der Waals surface area contributed by atoms with E-state index in [4.69, 9.17) is 4.74 Å². The molecule has 1 unspecified atom stereocenters. The van der Waals surface area contributed by atoms with Crippen molar-refractivity contribution < 1.29 is 17.9 Å². The van der Waals surface area contributed by atoms with Crippen LogP contribution in [-0.2, 0) is 21.4 Å². The fourth-order valence-electron chi connectivity index (χ4n) is 3.10. The maximum absolute atomic E-state index is 12.8. The molecule has 0 aliphatic rings. The number of carbonyl (C=O) groups excluding carboxylic acids is 1. The second kappa shape index (κ2) is 10.8. The van der Waals surface area contributed by atoms with E-state index in [-0.39, 0.29) is 30.0 Å². The molecule has 3 aromatic carbocycles. The fourth-order valence-corrected chi connectivity index (χ4v) is 4.68. The molecule has 1 N–H and O–H groups in total. The predicted octanol–water partition coefficient (Wildman–Crippen LogP) is 4.53. The summed E-state index contributed by atoms with van der Waals surface area (Å²) in [6, 6.07) is 23.0. The van der Waals surface area contributed by atoms with Crippen LogP contribution in [0.5, 0.6) is 5.75 Å². The van der Waals surface area contributed by atoms with Crippen molar-refractivity contribution in [3.63, 3.8) is 0 Å². The molecule has 168 valence electrons. The molecule has 0 saturated heterocycles. The Bertz CT molecular complexity index is 1150. The van der Waals surface area contributed by atoms with Gasteiger partial charge >= 0.3 is 0 Å². The Kier molecular flexibility index (Phi) is 8.06. The lowest BCUT2D eigenvalue weighted by atomic mass is 10.1. The molecule has 1 amide bonds. The van der Waals surface area contributed by atoms with E-state index in [1.54, 1.807) is 19.2 Å². The van der Waals surface area contributed by atoms with Gasteiger partial charge in [-0.3, -0.25) is 4.79 Å². The monoisotopic (exact) mass is 516 g/mol. The predicted molar refractivity (Wildman–Crippen MR) is 128 cm³/mol. The van der Waals surface area contributed by atoms with Crippen LogP contribution >= 0.6 is 15.9 Å². The first kappa shape index (κ1) is 24.0. The first-order valence-electron chi connectivity index (χ1n) is 10.0. The molecular weight excluding hydrogens is 492 g/mol. The quantitative estimate of drug-likeness (QED) is 0.453. The summed E-state index contributed by atoms with van der Waals surface area (Å²) in [6.07, 6.45) is 0. The second-order valence-corrected chi connectivity index (χ2v) is 10.3. The third kappa shape index (κ3) is 6.41. The number of carbonyl (C=O) groups is 1. The summed E-state index contributed by atoms with van der Waals surface area (Å²) in [5.41, 5.74) is 1.88. The Labute approximate surface area is 197 Å². The van der Waals surface area contributed by atoms with E-state index in [0.29, 0.717) is 5.75 Å². The van der Waals surface area contributed by atoms with Crippen LogP contribution in [0.4, 0.5) is 0 Å². The van der Waals surface area contributed by atoms with Gasteiger partial charge in [-0.15, -0.1) is 0 Å². The van der Waals surface area contributed by atoms with Crippen molar-refractivity contribution in [1.82, 2.24) is 9.62 Å². The Morgan fingerprint density at radius 2 is 1.72 bits per heavy atom. The smallest absolute Gasteiger partial charge is 0.258 e. The summed E-state index contributed by atoms with van der Waals surface area (Å²) in [5.74, 6) is 0.150. The van der Waals surface area contributed by atoms with Gasteiger partial charge in [0, 0.05) is 18.1 Å². The zero-order valence-corrected chi connectivity index (χ0v) is 20.3. The average Bonchev–Trinajstić information content (AvgIpc) is 2.78. The molecule has 0 heterocycles. The lowest BCUT2D eigenvalue weighted by molar-refractivity contribution is -0.123. The average molecular weight is 517 g/mol. The third-order valence-electron chi connectivity index (χ3n) is 4.88. The van der Waals surface area contributed by atoms with E-state index in [0.717, 1.165) is 15.6 Å². The summed E-state index contributed by atoms with van der Waals surface area (Å²) in [5, 5.41) is 2.88. The number of sulfonamides is 1. The van der Waals surface area contributed by atoms with Gasteiger partial charge in [0.15, 0.2) is 6.61 Å². The van der Waals surface area contributed by atoms with Crippen LogP contribution in [0.3, 0.4) is 0 Å². The van der Waals surface area contributed by atoms with Crippen molar-refractivity contribution in [2.75, 3.05) is 13.7 Å².